The van der Waals surface area contributed by atoms with Crippen molar-refractivity contribution in [3.63, 3.8) is 0 Å². The summed E-state index contributed by atoms with van der Waals surface area (Å²) in [5.74, 6) is 0.491. The van der Waals surface area contributed by atoms with Crippen molar-refractivity contribution < 1.29 is 23.8 Å². The van der Waals surface area contributed by atoms with Crippen LogP contribution in [0.5, 0.6) is 5.75 Å². The Morgan fingerprint density at radius 2 is 1.85 bits per heavy atom. The van der Waals surface area contributed by atoms with Crippen molar-refractivity contribution in [3.05, 3.63) is 29.8 Å². The molecule has 1 heterocycles. The SMILES string of the molecule is CC(=O)C=O.COCC1CO1.COc1ccc(C)cc1. The number of aryl methyl sites for hydroxylation is 1. The predicted molar refractivity (Wildman–Crippen MR) is 76.1 cm³/mol. The van der Waals surface area contributed by atoms with Crippen molar-refractivity contribution in [2.75, 3.05) is 27.4 Å². The van der Waals surface area contributed by atoms with Gasteiger partial charge in [-0.25, -0.2) is 0 Å². The van der Waals surface area contributed by atoms with E-state index in [9.17, 15) is 4.79 Å². The largest absolute Gasteiger partial charge is 0.497 e. The predicted octanol–water partition coefficient (Wildman–Crippen LogP) is 1.81. The van der Waals surface area contributed by atoms with E-state index in [1.807, 2.05) is 24.3 Å². The van der Waals surface area contributed by atoms with Crippen LogP contribution in [-0.4, -0.2) is 45.6 Å². The molecular weight excluding hydrogens is 260 g/mol. The van der Waals surface area contributed by atoms with Gasteiger partial charge in [0.05, 0.1) is 20.3 Å². The number of Topliss-reactive ketones (excluding diaryl/α,β-unsaturated/α-hetero) is 1. The van der Waals surface area contributed by atoms with E-state index in [-0.39, 0.29) is 6.29 Å². The van der Waals surface area contributed by atoms with Crippen LogP contribution in [0.3, 0.4) is 0 Å². The minimum Gasteiger partial charge on any atom is -0.497 e. The molecule has 0 N–H and O–H groups in total. The van der Waals surface area contributed by atoms with E-state index >= 15 is 0 Å². The molecule has 1 aliphatic rings. The smallest absolute Gasteiger partial charge is 0.192 e. The molecule has 0 saturated carbocycles. The van der Waals surface area contributed by atoms with Crippen LogP contribution in [0.4, 0.5) is 0 Å². The number of aldehydes is 1. The zero-order valence-corrected chi connectivity index (χ0v) is 12.4. The first kappa shape index (κ1) is 18.3. The Kier molecular flexibility index (Phi) is 10.2. The lowest BCUT2D eigenvalue weighted by Gasteiger charge is -1.97. The molecule has 1 saturated heterocycles. The fraction of sp³-hybridized carbons (Fsp3) is 0.467. The van der Waals surface area contributed by atoms with Crippen molar-refractivity contribution in [1.82, 2.24) is 0 Å². The Labute approximate surface area is 119 Å². The number of ketones is 1. The van der Waals surface area contributed by atoms with Gasteiger partial charge in [-0.2, -0.15) is 0 Å². The maximum absolute atomic E-state index is 9.44. The van der Waals surface area contributed by atoms with Gasteiger partial charge in [-0.3, -0.25) is 9.59 Å². The quantitative estimate of drug-likeness (QED) is 0.479. The lowest BCUT2D eigenvalue weighted by Crippen LogP contribution is -1.94. The third-order valence-electron chi connectivity index (χ3n) is 2.18. The second-order valence-corrected chi connectivity index (χ2v) is 4.16. The highest BCUT2D eigenvalue weighted by Gasteiger charge is 2.21. The second kappa shape index (κ2) is 11.1. The number of hydrogen-bond acceptors (Lipinski definition) is 5. The third kappa shape index (κ3) is 11.4. The van der Waals surface area contributed by atoms with Gasteiger partial charge in [0.1, 0.15) is 11.9 Å². The van der Waals surface area contributed by atoms with E-state index in [0.717, 1.165) is 19.0 Å². The fourth-order valence-corrected chi connectivity index (χ4v) is 1.02. The summed E-state index contributed by atoms with van der Waals surface area (Å²) in [5.41, 5.74) is 1.26. The number of rotatable bonds is 4. The molecule has 1 unspecified atom stereocenters. The lowest BCUT2D eigenvalue weighted by atomic mass is 10.2. The van der Waals surface area contributed by atoms with Crippen LogP contribution < -0.4 is 4.74 Å². The molecule has 1 aromatic rings. The number of methoxy groups -OCH3 is 2. The van der Waals surface area contributed by atoms with Crippen LogP contribution in [0, 0.1) is 6.92 Å². The van der Waals surface area contributed by atoms with Crippen LogP contribution in [0.2, 0.25) is 0 Å². The Bertz CT molecular complexity index is 382. The first-order valence-electron chi connectivity index (χ1n) is 6.20. The highest BCUT2D eigenvalue weighted by atomic mass is 16.6. The zero-order valence-electron chi connectivity index (χ0n) is 12.4. The van der Waals surface area contributed by atoms with Crippen LogP contribution in [0.1, 0.15) is 12.5 Å². The highest BCUT2D eigenvalue weighted by molar-refractivity contribution is 6.23. The molecule has 20 heavy (non-hydrogen) atoms. The number of carbonyl (C=O) groups is 2. The van der Waals surface area contributed by atoms with Crippen LogP contribution in [-0.2, 0) is 19.1 Å². The van der Waals surface area contributed by atoms with E-state index in [0.29, 0.717) is 6.10 Å². The van der Waals surface area contributed by atoms with E-state index in [2.05, 4.69) is 6.92 Å². The van der Waals surface area contributed by atoms with Gasteiger partial charge in [-0.15, -0.1) is 0 Å². The van der Waals surface area contributed by atoms with Gasteiger partial charge >= 0.3 is 0 Å². The molecule has 1 fully saturated rings. The van der Waals surface area contributed by atoms with Crippen molar-refractivity contribution in [2.24, 2.45) is 0 Å². The molecule has 0 aliphatic carbocycles. The topological polar surface area (TPSA) is 65.1 Å². The summed E-state index contributed by atoms with van der Waals surface area (Å²) in [6, 6.07) is 7.96. The molecule has 0 aromatic heterocycles. The van der Waals surface area contributed by atoms with E-state index in [1.165, 1.54) is 12.5 Å². The number of ether oxygens (including phenoxy) is 3. The Morgan fingerprint density at radius 1 is 1.35 bits per heavy atom. The average molecular weight is 282 g/mol. The monoisotopic (exact) mass is 282 g/mol. The van der Waals surface area contributed by atoms with E-state index < -0.39 is 5.78 Å². The molecule has 1 aromatic carbocycles. The Morgan fingerprint density at radius 3 is 2.10 bits per heavy atom. The van der Waals surface area contributed by atoms with Crippen LogP contribution in [0.25, 0.3) is 0 Å². The minimum atomic E-state index is -0.426. The third-order valence-corrected chi connectivity index (χ3v) is 2.18. The molecule has 1 aliphatic heterocycles. The Hall–Kier alpha value is -1.72. The maximum Gasteiger partial charge on any atom is 0.192 e. The molecule has 1 atom stereocenters. The van der Waals surface area contributed by atoms with Gasteiger partial charge in [0, 0.05) is 14.0 Å². The van der Waals surface area contributed by atoms with Crippen LogP contribution >= 0.6 is 0 Å². The summed E-state index contributed by atoms with van der Waals surface area (Å²) in [4.78, 5) is 18.6. The lowest BCUT2D eigenvalue weighted by molar-refractivity contribution is -0.128. The summed E-state index contributed by atoms with van der Waals surface area (Å²) in [7, 11) is 3.35. The molecule has 0 spiro atoms. The standard InChI is InChI=1S/C8H10O.C4H8O2.C3H4O2/c1-7-3-5-8(9-2)6-4-7;1-5-2-4-3-6-4;1-3(5)2-4/h3-6H,1-2H3;4H,2-3H2,1H3;2H,1H3. The van der Waals surface area contributed by atoms with Gasteiger partial charge in [-0.1, -0.05) is 17.7 Å². The molecule has 112 valence electrons. The first-order chi connectivity index (χ1) is 9.53. The number of hydrogen-bond donors (Lipinski definition) is 0. The van der Waals surface area contributed by atoms with Gasteiger partial charge in [0.25, 0.3) is 0 Å². The molecular formula is C15H22O5. The van der Waals surface area contributed by atoms with E-state index in [4.69, 9.17) is 19.0 Å². The normalized spacial score (nSPS) is 14.9. The van der Waals surface area contributed by atoms with Gasteiger partial charge < -0.3 is 14.2 Å². The summed E-state index contributed by atoms with van der Waals surface area (Å²) >= 11 is 0. The molecule has 0 amide bonds. The molecule has 2 rings (SSSR count). The summed E-state index contributed by atoms with van der Waals surface area (Å²) in [5, 5.41) is 0. The van der Waals surface area contributed by atoms with Crippen molar-refractivity contribution in [2.45, 2.75) is 20.0 Å². The summed E-state index contributed by atoms with van der Waals surface area (Å²) in [6.07, 6.45) is 0.704. The molecule has 0 bridgehead atoms. The van der Waals surface area contributed by atoms with Crippen LogP contribution in [0.15, 0.2) is 24.3 Å². The van der Waals surface area contributed by atoms with Crippen molar-refractivity contribution in [3.8, 4) is 5.75 Å². The van der Waals surface area contributed by atoms with Crippen molar-refractivity contribution in [1.29, 1.82) is 0 Å². The van der Waals surface area contributed by atoms with Gasteiger partial charge in [-0.05, 0) is 19.1 Å². The summed E-state index contributed by atoms with van der Waals surface area (Å²) < 4.78 is 14.5. The van der Waals surface area contributed by atoms with Gasteiger partial charge in [0.15, 0.2) is 12.1 Å². The number of epoxide rings is 1. The first-order valence-corrected chi connectivity index (χ1v) is 6.20. The summed E-state index contributed by atoms with van der Waals surface area (Å²) in [6.45, 7) is 4.93. The molecule has 5 nitrogen and oxygen atoms in total. The van der Waals surface area contributed by atoms with Gasteiger partial charge in [0.2, 0.25) is 0 Å². The maximum atomic E-state index is 9.44. The molecule has 0 radical (unpaired) electrons. The second-order valence-electron chi connectivity index (χ2n) is 4.16. The number of benzene rings is 1. The zero-order chi connectivity index (χ0) is 15.4. The highest BCUT2D eigenvalue weighted by Crippen LogP contribution is 2.09. The average Bonchev–Trinajstić information content (AvgIpc) is 3.25. The van der Waals surface area contributed by atoms with Crippen molar-refractivity contribution >= 4 is 12.1 Å². The fourth-order valence-electron chi connectivity index (χ4n) is 1.02. The number of carbonyl (C=O) groups excluding carboxylic acids is 2. The molecule has 5 heteroatoms. The minimum absolute atomic E-state index is 0.278. The van der Waals surface area contributed by atoms with E-state index in [1.54, 1.807) is 14.2 Å². The Balaban J connectivity index is 0.000000288.